The van der Waals surface area contributed by atoms with Gasteiger partial charge >= 0.3 is 5.97 Å². The van der Waals surface area contributed by atoms with Crippen molar-refractivity contribution < 1.29 is 19.4 Å². The minimum absolute atomic E-state index is 0.0274. The van der Waals surface area contributed by atoms with Crippen molar-refractivity contribution in [1.29, 1.82) is 0 Å². The lowest BCUT2D eigenvalue weighted by Gasteiger charge is -2.46. The SMILES string of the molecule is CC1CCC2C(C)(C)C3CC12CCC3(C)OC(=O)c1ccc(OCCO)cc1. The average molecular weight is 387 g/mol. The highest BCUT2D eigenvalue weighted by atomic mass is 16.6. The van der Waals surface area contributed by atoms with Gasteiger partial charge in [-0.15, -0.1) is 0 Å². The number of hydrogen-bond acceptors (Lipinski definition) is 4. The lowest BCUT2D eigenvalue weighted by atomic mass is 9.64. The maximum absolute atomic E-state index is 12.9. The van der Waals surface area contributed by atoms with Crippen LogP contribution in [-0.4, -0.2) is 29.9 Å². The number of carbonyl (C=O) groups is 1. The van der Waals surface area contributed by atoms with Crippen molar-refractivity contribution in [2.75, 3.05) is 13.2 Å². The molecule has 1 spiro atoms. The van der Waals surface area contributed by atoms with E-state index in [0.29, 0.717) is 22.6 Å². The third-order valence-electron chi connectivity index (χ3n) is 8.54. The van der Waals surface area contributed by atoms with E-state index in [-0.39, 0.29) is 24.6 Å². The highest BCUT2D eigenvalue weighted by Crippen LogP contribution is 2.73. The van der Waals surface area contributed by atoms with E-state index in [1.807, 2.05) is 0 Å². The molecule has 1 aromatic rings. The third kappa shape index (κ3) is 2.87. The van der Waals surface area contributed by atoms with Gasteiger partial charge in [0.2, 0.25) is 0 Å². The Morgan fingerprint density at radius 1 is 1.11 bits per heavy atom. The van der Waals surface area contributed by atoms with E-state index in [9.17, 15) is 4.79 Å². The maximum Gasteiger partial charge on any atom is 0.338 e. The van der Waals surface area contributed by atoms with Gasteiger partial charge in [0.05, 0.1) is 12.2 Å². The van der Waals surface area contributed by atoms with Crippen molar-refractivity contribution >= 4 is 5.97 Å². The highest BCUT2D eigenvalue weighted by molar-refractivity contribution is 5.89. The van der Waals surface area contributed by atoms with Crippen LogP contribution in [0.25, 0.3) is 0 Å². The van der Waals surface area contributed by atoms with Crippen LogP contribution >= 0.6 is 0 Å². The second-order valence-corrected chi connectivity index (χ2v) is 10.1. The van der Waals surface area contributed by atoms with Gasteiger partial charge in [0.25, 0.3) is 0 Å². The van der Waals surface area contributed by atoms with Gasteiger partial charge in [-0.3, -0.25) is 0 Å². The number of aliphatic hydroxyl groups is 1. The van der Waals surface area contributed by atoms with Gasteiger partial charge in [-0.25, -0.2) is 4.79 Å². The number of rotatable bonds is 5. The summed E-state index contributed by atoms with van der Waals surface area (Å²) in [6.07, 6.45) is 6.01. The van der Waals surface area contributed by atoms with Gasteiger partial charge in [0, 0.05) is 5.92 Å². The monoisotopic (exact) mass is 386 g/mol. The van der Waals surface area contributed by atoms with Gasteiger partial charge in [-0.05, 0) is 86.0 Å². The topological polar surface area (TPSA) is 55.8 Å². The van der Waals surface area contributed by atoms with E-state index in [2.05, 4.69) is 27.7 Å². The number of carbonyl (C=O) groups excluding carboxylic acids is 1. The van der Waals surface area contributed by atoms with E-state index in [4.69, 9.17) is 14.6 Å². The Kier molecular flexibility index (Phi) is 4.77. The van der Waals surface area contributed by atoms with Crippen molar-refractivity contribution in [1.82, 2.24) is 0 Å². The first-order chi connectivity index (χ1) is 13.2. The van der Waals surface area contributed by atoms with Crippen molar-refractivity contribution in [2.45, 2.75) is 65.4 Å². The molecule has 0 aromatic heterocycles. The van der Waals surface area contributed by atoms with E-state index >= 15 is 0 Å². The standard InChI is InChI=1S/C24H34O4/c1-16-5-10-19-22(2,3)20-15-24(16,19)12-11-23(20,4)28-21(26)17-6-8-18(9-7-17)27-14-13-25/h6-9,16,19-20,25H,5,10-15H2,1-4H3. The molecule has 0 amide bonds. The van der Waals surface area contributed by atoms with E-state index in [1.165, 1.54) is 25.7 Å². The molecule has 1 aromatic carbocycles. The first-order valence-electron chi connectivity index (χ1n) is 10.8. The number of aliphatic hydroxyl groups excluding tert-OH is 1. The molecule has 0 heterocycles. The molecular weight excluding hydrogens is 352 g/mol. The van der Waals surface area contributed by atoms with Crippen molar-refractivity contribution in [2.24, 2.45) is 28.6 Å². The molecule has 4 heteroatoms. The summed E-state index contributed by atoms with van der Waals surface area (Å²) < 4.78 is 11.6. The molecule has 3 aliphatic carbocycles. The first kappa shape index (κ1) is 19.8. The highest BCUT2D eigenvalue weighted by Gasteiger charge is 2.68. The molecule has 154 valence electrons. The number of hydrogen-bond donors (Lipinski definition) is 1. The first-order valence-corrected chi connectivity index (χ1v) is 10.8. The quantitative estimate of drug-likeness (QED) is 0.735. The molecule has 4 rings (SSSR count). The van der Waals surface area contributed by atoms with E-state index < -0.39 is 5.60 Å². The van der Waals surface area contributed by atoms with Crippen LogP contribution in [0.5, 0.6) is 5.75 Å². The Bertz CT molecular complexity index is 739. The van der Waals surface area contributed by atoms with Crippen molar-refractivity contribution in [3.05, 3.63) is 29.8 Å². The zero-order chi connectivity index (χ0) is 20.2. The average Bonchev–Trinajstić information content (AvgIpc) is 3.09. The van der Waals surface area contributed by atoms with Crippen LogP contribution < -0.4 is 4.74 Å². The van der Waals surface area contributed by atoms with Crippen LogP contribution in [-0.2, 0) is 4.74 Å². The smallest absolute Gasteiger partial charge is 0.338 e. The predicted molar refractivity (Wildman–Crippen MR) is 108 cm³/mol. The Morgan fingerprint density at radius 2 is 1.82 bits per heavy atom. The van der Waals surface area contributed by atoms with E-state index in [1.54, 1.807) is 24.3 Å². The van der Waals surface area contributed by atoms with Crippen LogP contribution in [0.15, 0.2) is 24.3 Å². The number of fused-ring (bicyclic) bond motifs is 1. The predicted octanol–water partition coefficient (Wildman–Crippen LogP) is 4.85. The second kappa shape index (κ2) is 6.76. The summed E-state index contributed by atoms with van der Waals surface area (Å²) >= 11 is 0. The molecule has 3 fully saturated rings. The normalized spacial score (nSPS) is 38.1. The van der Waals surface area contributed by atoms with Crippen molar-refractivity contribution in [3.8, 4) is 5.75 Å². The molecule has 2 bridgehead atoms. The minimum atomic E-state index is -0.401. The molecule has 3 saturated carbocycles. The molecule has 0 aliphatic heterocycles. The fourth-order valence-corrected chi connectivity index (χ4v) is 7.10. The Morgan fingerprint density at radius 3 is 2.50 bits per heavy atom. The second-order valence-electron chi connectivity index (χ2n) is 10.1. The van der Waals surface area contributed by atoms with Gasteiger partial charge in [0.15, 0.2) is 0 Å². The largest absolute Gasteiger partial charge is 0.491 e. The zero-order valence-electron chi connectivity index (χ0n) is 17.7. The summed E-state index contributed by atoms with van der Waals surface area (Å²) in [4.78, 5) is 12.9. The number of ether oxygens (including phenoxy) is 2. The molecular formula is C24H34O4. The van der Waals surface area contributed by atoms with Gasteiger partial charge < -0.3 is 14.6 Å². The van der Waals surface area contributed by atoms with Gasteiger partial charge in [-0.1, -0.05) is 20.8 Å². The molecule has 1 N–H and O–H groups in total. The molecule has 28 heavy (non-hydrogen) atoms. The minimum Gasteiger partial charge on any atom is -0.491 e. The molecule has 5 atom stereocenters. The van der Waals surface area contributed by atoms with Crippen LogP contribution in [0.3, 0.4) is 0 Å². The fraction of sp³-hybridized carbons (Fsp3) is 0.708. The lowest BCUT2D eigenvalue weighted by molar-refractivity contribution is -0.0882. The summed E-state index contributed by atoms with van der Waals surface area (Å²) in [7, 11) is 0. The van der Waals surface area contributed by atoms with Crippen LogP contribution in [0, 0.1) is 28.6 Å². The Hall–Kier alpha value is -1.55. The van der Waals surface area contributed by atoms with Gasteiger partial charge in [0.1, 0.15) is 18.0 Å². The summed E-state index contributed by atoms with van der Waals surface area (Å²) in [6.45, 7) is 9.64. The van der Waals surface area contributed by atoms with Crippen LogP contribution in [0.4, 0.5) is 0 Å². The Labute approximate surface area is 168 Å². The van der Waals surface area contributed by atoms with Crippen molar-refractivity contribution in [3.63, 3.8) is 0 Å². The molecule has 0 saturated heterocycles. The summed E-state index contributed by atoms with van der Waals surface area (Å²) in [5, 5.41) is 8.85. The Balaban J connectivity index is 1.51. The molecule has 4 nitrogen and oxygen atoms in total. The molecule has 3 aliphatic rings. The summed E-state index contributed by atoms with van der Waals surface area (Å²) in [6, 6.07) is 7.02. The summed E-state index contributed by atoms with van der Waals surface area (Å²) in [5.41, 5.74) is 0.827. The van der Waals surface area contributed by atoms with Crippen LogP contribution in [0.1, 0.15) is 70.2 Å². The van der Waals surface area contributed by atoms with Gasteiger partial charge in [-0.2, -0.15) is 0 Å². The lowest BCUT2D eigenvalue weighted by Crippen LogP contribution is -2.47. The third-order valence-corrected chi connectivity index (χ3v) is 8.54. The zero-order valence-corrected chi connectivity index (χ0v) is 17.7. The molecule has 5 unspecified atom stereocenters. The van der Waals surface area contributed by atoms with Crippen LogP contribution in [0.2, 0.25) is 0 Å². The number of benzene rings is 1. The fourth-order valence-electron chi connectivity index (χ4n) is 7.10. The number of esters is 1. The van der Waals surface area contributed by atoms with E-state index in [0.717, 1.165) is 18.3 Å². The summed E-state index contributed by atoms with van der Waals surface area (Å²) in [5.74, 6) is 2.36. The maximum atomic E-state index is 12.9. The molecule has 0 radical (unpaired) electrons.